The van der Waals surface area contributed by atoms with Crippen LogP contribution < -0.4 is 15.7 Å². The minimum Gasteiger partial charge on any atom is -0.353 e. The van der Waals surface area contributed by atoms with Crippen LogP contribution in [-0.2, 0) is 11.3 Å². The Labute approximate surface area is 231 Å². The maximum absolute atomic E-state index is 11.3. The van der Waals surface area contributed by atoms with Gasteiger partial charge in [-0.3, -0.25) is 24.9 Å². The molecule has 5 heterocycles. The third-order valence-corrected chi connectivity index (χ3v) is 8.75. The van der Waals surface area contributed by atoms with Gasteiger partial charge in [0.05, 0.1) is 21.9 Å². The number of H-pyrrole nitrogens is 1. The lowest BCUT2D eigenvalue weighted by Gasteiger charge is -2.35. The molecule has 0 unspecified atom stereocenters. The van der Waals surface area contributed by atoms with Crippen LogP contribution >= 0.6 is 11.3 Å². The summed E-state index contributed by atoms with van der Waals surface area (Å²) in [5.41, 5.74) is 4.69. The summed E-state index contributed by atoms with van der Waals surface area (Å²) in [7, 11) is 0. The lowest BCUT2D eigenvalue weighted by atomic mass is 10.1. The molecule has 1 aromatic carbocycles. The molecule has 2 fully saturated rings. The third kappa shape index (κ3) is 5.89. The zero-order valence-corrected chi connectivity index (χ0v) is 22.8. The molecule has 6 rings (SSSR count). The van der Waals surface area contributed by atoms with Crippen LogP contribution in [0.3, 0.4) is 0 Å². The minimum absolute atomic E-state index is 0.318. The first-order chi connectivity index (χ1) is 19.2. The molecule has 0 atom stereocenters. The van der Waals surface area contributed by atoms with E-state index < -0.39 is 0 Å². The molecule has 3 aromatic heterocycles. The number of thiophene rings is 1. The third-order valence-electron chi connectivity index (χ3n) is 7.64. The van der Waals surface area contributed by atoms with Gasteiger partial charge in [-0.15, -0.1) is 11.3 Å². The van der Waals surface area contributed by atoms with Crippen molar-refractivity contribution in [3.63, 3.8) is 0 Å². The van der Waals surface area contributed by atoms with E-state index in [9.17, 15) is 4.79 Å². The first-order valence-corrected chi connectivity index (χ1v) is 14.6. The van der Waals surface area contributed by atoms with Gasteiger partial charge < -0.3 is 10.2 Å². The second-order valence-corrected chi connectivity index (χ2v) is 11.4. The number of hydroxylamine groups is 1. The van der Waals surface area contributed by atoms with Crippen molar-refractivity contribution >= 4 is 44.2 Å². The maximum atomic E-state index is 11.3. The van der Waals surface area contributed by atoms with Gasteiger partial charge in [0, 0.05) is 81.2 Å². The fourth-order valence-electron chi connectivity index (χ4n) is 5.49. The number of amides is 1. The molecule has 2 saturated heterocycles. The Morgan fingerprint density at radius 3 is 2.72 bits per heavy atom. The van der Waals surface area contributed by atoms with Crippen LogP contribution in [0.5, 0.6) is 0 Å². The van der Waals surface area contributed by atoms with E-state index in [0.717, 1.165) is 117 Å². The zero-order valence-electron chi connectivity index (χ0n) is 22.0. The highest BCUT2D eigenvalue weighted by atomic mass is 32.1. The van der Waals surface area contributed by atoms with Crippen LogP contribution in [0.1, 0.15) is 24.1 Å². The van der Waals surface area contributed by atoms with Crippen molar-refractivity contribution in [2.75, 3.05) is 63.8 Å². The highest BCUT2D eigenvalue weighted by molar-refractivity contribution is 7.19. The summed E-state index contributed by atoms with van der Waals surface area (Å²) in [4.78, 5) is 30.2. The van der Waals surface area contributed by atoms with Crippen LogP contribution in [0, 0.1) is 0 Å². The van der Waals surface area contributed by atoms with E-state index in [1.807, 2.05) is 29.7 Å². The van der Waals surface area contributed by atoms with Crippen molar-refractivity contribution in [3.8, 4) is 11.4 Å². The zero-order chi connectivity index (χ0) is 26.6. The maximum Gasteiger partial charge on any atom is 0.243 e. The SMILES string of the molecule is O=C(CCCCN1CCN(c2nc(-c3cccc4[nH]ncc34)nc3cc(CN4CCNCC4)sc23)CC1)NO. The number of hydrogen-bond acceptors (Lipinski definition) is 10. The summed E-state index contributed by atoms with van der Waals surface area (Å²) < 4.78 is 1.16. The summed E-state index contributed by atoms with van der Waals surface area (Å²) in [6, 6.07) is 8.38. The highest BCUT2D eigenvalue weighted by Crippen LogP contribution is 2.36. The van der Waals surface area contributed by atoms with Crippen molar-refractivity contribution in [1.82, 2.24) is 40.8 Å². The van der Waals surface area contributed by atoms with Crippen molar-refractivity contribution in [2.24, 2.45) is 0 Å². The average Bonchev–Trinajstić information content (AvgIpc) is 3.62. The van der Waals surface area contributed by atoms with Gasteiger partial charge >= 0.3 is 0 Å². The first-order valence-electron chi connectivity index (χ1n) is 13.7. The van der Waals surface area contributed by atoms with Crippen molar-refractivity contribution in [3.05, 3.63) is 35.3 Å². The molecular formula is C27H35N9O2S. The molecule has 4 N–H and O–H groups in total. The fraction of sp³-hybridized carbons (Fsp3) is 0.481. The Morgan fingerprint density at radius 1 is 1.05 bits per heavy atom. The molecule has 12 heteroatoms. The summed E-state index contributed by atoms with van der Waals surface area (Å²) >= 11 is 1.82. The molecule has 0 aliphatic carbocycles. The molecule has 206 valence electrons. The second kappa shape index (κ2) is 11.9. The van der Waals surface area contributed by atoms with E-state index in [1.54, 1.807) is 5.48 Å². The van der Waals surface area contributed by atoms with Crippen LogP contribution in [0.25, 0.3) is 32.5 Å². The van der Waals surface area contributed by atoms with Crippen LogP contribution in [0.2, 0.25) is 0 Å². The Hall–Kier alpha value is -3.16. The topological polar surface area (TPSA) is 126 Å². The summed E-state index contributed by atoms with van der Waals surface area (Å²) in [5.74, 6) is 1.44. The van der Waals surface area contributed by atoms with Crippen molar-refractivity contribution in [2.45, 2.75) is 25.8 Å². The van der Waals surface area contributed by atoms with Gasteiger partial charge in [-0.05, 0) is 31.5 Å². The molecular weight excluding hydrogens is 514 g/mol. The minimum atomic E-state index is -0.318. The number of nitrogens with zero attached hydrogens (tertiary/aromatic N) is 6. The summed E-state index contributed by atoms with van der Waals surface area (Å²) in [6.45, 7) is 9.77. The fourth-order valence-corrected chi connectivity index (χ4v) is 6.64. The Morgan fingerprint density at radius 2 is 1.90 bits per heavy atom. The molecule has 39 heavy (non-hydrogen) atoms. The van der Waals surface area contributed by atoms with E-state index in [2.05, 4.69) is 42.3 Å². The van der Waals surface area contributed by atoms with Gasteiger partial charge in [0.2, 0.25) is 5.91 Å². The molecule has 2 aliphatic rings. The Kier molecular flexibility index (Phi) is 7.98. The van der Waals surface area contributed by atoms with Gasteiger partial charge in [0.25, 0.3) is 0 Å². The quantitative estimate of drug-likeness (QED) is 0.142. The van der Waals surface area contributed by atoms with Crippen LogP contribution in [-0.4, -0.2) is 100.0 Å². The number of piperazine rings is 2. The first kappa shape index (κ1) is 26.1. The molecule has 0 bridgehead atoms. The number of carbonyl (C=O) groups is 1. The summed E-state index contributed by atoms with van der Waals surface area (Å²) in [6.07, 6.45) is 3.91. The Balaban J connectivity index is 1.25. The smallest absolute Gasteiger partial charge is 0.243 e. The monoisotopic (exact) mass is 549 g/mol. The summed E-state index contributed by atoms with van der Waals surface area (Å²) in [5, 5.41) is 20.5. The molecule has 11 nitrogen and oxygen atoms in total. The number of nitrogens with one attached hydrogen (secondary N) is 3. The molecule has 2 aliphatic heterocycles. The van der Waals surface area contributed by atoms with Gasteiger partial charge in [0.1, 0.15) is 0 Å². The number of aromatic nitrogens is 4. The van der Waals surface area contributed by atoms with E-state index in [0.29, 0.717) is 6.42 Å². The van der Waals surface area contributed by atoms with Crippen LogP contribution in [0.4, 0.5) is 5.82 Å². The van der Waals surface area contributed by atoms with Crippen molar-refractivity contribution < 1.29 is 10.0 Å². The number of hydrogen-bond donors (Lipinski definition) is 4. The van der Waals surface area contributed by atoms with Crippen LogP contribution in [0.15, 0.2) is 30.5 Å². The number of carbonyl (C=O) groups excluding carboxylic acids is 1. The molecule has 4 aromatic rings. The number of rotatable bonds is 9. The van der Waals surface area contributed by atoms with Gasteiger partial charge in [-0.2, -0.15) is 5.10 Å². The van der Waals surface area contributed by atoms with Crippen molar-refractivity contribution in [1.29, 1.82) is 0 Å². The second-order valence-electron chi connectivity index (χ2n) is 10.3. The molecule has 0 spiro atoms. The Bertz CT molecular complexity index is 1420. The average molecular weight is 550 g/mol. The van der Waals surface area contributed by atoms with Gasteiger partial charge in [-0.25, -0.2) is 15.4 Å². The van der Waals surface area contributed by atoms with Gasteiger partial charge in [-0.1, -0.05) is 12.1 Å². The highest BCUT2D eigenvalue weighted by Gasteiger charge is 2.24. The van der Waals surface area contributed by atoms with E-state index in [-0.39, 0.29) is 5.91 Å². The predicted molar refractivity (Wildman–Crippen MR) is 153 cm³/mol. The molecule has 0 saturated carbocycles. The number of fused-ring (bicyclic) bond motifs is 2. The molecule has 0 radical (unpaired) electrons. The molecule has 1 amide bonds. The number of anilines is 1. The van der Waals surface area contributed by atoms with E-state index in [4.69, 9.17) is 15.2 Å². The number of benzene rings is 1. The standard InChI is InChI=1S/C27H35N9O2S/c37-24(33-38)6-1-2-9-34-12-14-36(15-13-34)27-25-23(16-19(39-25)18-35-10-7-28-8-11-35)30-26(31-27)20-4-3-5-22-21(20)17-29-32-22/h3-5,16-17,28,38H,1-2,6-15,18H2,(H,29,32)(H,33,37). The van der Waals surface area contributed by atoms with E-state index in [1.165, 1.54) is 4.88 Å². The van der Waals surface area contributed by atoms with Gasteiger partial charge in [0.15, 0.2) is 11.6 Å². The largest absolute Gasteiger partial charge is 0.353 e. The lowest BCUT2D eigenvalue weighted by molar-refractivity contribution is -0.129. The normalized spacial score (nSPS) is 17.3. The number of unbranched alkanes of at least 4 members (excludes halogenated alkanes) is 1. The van der Waals surface area contributed by atoms with E-state index >= 15 is 0 Å². The lowest BCUT2D eigenvalue weighted by Crippen LogP contribution is -2.47. The number of aromatic amines is 1. The predicted octanol–water partition coefficient (Wildman–Crippen LogP) is 2.44.